The highest BCUT2D eigenvalue weighted by atomic mass is 19.1. The number of anilines is 1. The van der Waals surface area contributed by atoms with Crippen molar-refractivity contribution in [3.05, 3.63) is 65.2 Å². The molecule has 1 saturated heterocycles. The van der Waals surface area contributed by atoms with E-state index in [0.717, 1.165) is 18.2 Å². The van der Waals surface area contributed by atoms with E-state index in [1.165, 1.54) is 0 Å². The number of carbonyl (C=O) groups excluding carboxylic acids is 3. The van der Waals surface area contributed by atoms with E-state index in [4.69, 9.17) is 5.73 Å². The van der Waals surface area contributed by atoms with Crippen LogP contribution in [0.25, 0.3) is 0 Å². The summed E-state index contributed by atoms with van der Waals surface area (Å²) in [6.45, 7) is 1.74. The number of primary amides is 1. The molecule has 0 saturated carbocycles. The van der Waals surface area contributed by atoms with Gasteiger partial charge in [0.1, 0.15) is 11.6 Å². The van der Waals surface area contributed by atoms with Gasteiger partial charge in [-0.1, -0.05) is 0 Å². The first-order chi connectivity index (χ1) is 14.3. The Kier molecular flexibility index (Phi) is 6.89. The number of nitrogens with one attached hydrogen (secondary N) is 1. The minimum absolute atomic E-state index is 0.165. The van der Waals surface area contributed by atoms with Crippen LogP contribution in [0.3, 0.4) is 0 Å². The normalized spacial score (nSPS) is 15.0. The number of ketones is 1. The van der Waals surface area contributed by atoms with Gasteiger partial charge in [0.05, 0.1) is 5.56 Å². The number of carbonyl (C=O) groups is 3. The van der Waals surface area contributed by atoms with E-state index in [-0.39, 0.29) is 29.6 Å². The molecule has 30 heavy (non-hydrogen) atoms. The van der Waals surface area contributed by atoms with E-state index in [1.54, 1.807) is 24.3 Å². The molecule has 3 rings (SSSR count). The van der Waals surface area contributed by atoms with Crippen LogP contribution in [-0.4, -0.2) is 42.1 Å². The molecule has 1 aliphatic heterocycles. The average Bonchev–Trinajstić information content (AvgIpc) is 2.74. The lowest BCUT2D eigenvalue weighted by Gasteiger charge is -2.31. The Balaban J connectivity index is 1.44. The molecule has 0 unspecified atom stereocenters. The quantitative estimate of drug-likeness (QED) is 0.680. The van der Waals surface area contributed by atoms with Crippen LogP contribution in [-0.2, 0) is 4.79 Å². The van der Waals surface area contributed by atoms with Gasteiger partial charge < -0.3 is 16.0 Å². The molecule has 0 spiro atoms. The molecule has 3 N–H and O–H groups in total. The van der Waals surface area contributed by atoms with Crippen LogP contribution in [0.4, 0.5) is 14.5 Å². The molecule has 0 atom stereocenters. The van der Waals surface area contributed by atoms with E-state index in [9.17, 15) is 23.2 Å². The maximum Gasteiger partial charge on any atom is 0.248 e. The Hall–Kier alpha value is -3.13. The van der Waals surface area contributed by atoms with Crippen molar-refractivity contribution >= 4 is 23.3 Å². The number of Topliss-reactive ketones (excluding diaryl/α,β-unsaturated/α-hetero) is 1. The number of hydrogen-bond donors (Lipinski definition) is 2. The van der Waals surface area contributed by atoms with Crippen molar-refractivity contribution in [2.45, 2.75) is 19.3 Å². The average molecular weight is 415 g/mol. The zero-order chi connectivity index (χ0) is 21.7. The fourth-order valence-electron chi connectivity index (χ4n) is 3.53. The van der Waals surface area contributed by atoms with Gasteiger partial charge in [-0.3, -0.25) is 14.4 Å². The second-order valence-electron chi connectivity index (χ2n) is 7.34. The topological polar surface area (TPSA) is 92.5 Å². The van der Waals surface area contributed by atoms with Gasteiger partial charge in [0, 0.05) is 30.1 Å². The molecule has 1 aliphatic rings. The summed E-state index contributed by atoms with van der Waals surface area (Å²) in [5.74, 6) is -2.76. The fraction of sp³-hybridized carbons (Fsp3) is 0.318. The zero-order valence-corrected chi connectivity index (χ0v) is 16.4. The van der Waals surface area contributed by atoms with Crippen LogP contribution in [0.1, 0.15) is 40.0 Å². The van der Waals surface area contributed by atoms with Crippen molar-refractivity contribution in [3.8, 4) is 0 Å². The third-order valence-electron chi connectivity index (χ3n) is 5.26. The smallest absolute Gasteiger partial charge is 0.248 e. The van der Waals surface area contributed by atoms with Gasteiger partial charge in [0.25, 0.3) is 0 Å². The van der Waals surface area contributed by atoms with Crippen LogP contribution in [0.2, 0.25) is 0 Å². The number of piperidine rings is 1. The maximum absolute atomic E-state index is 13.8. The van der Waals surface area contributed by atoms with E-state index in [0.29, 0.717) is 43.7 Å². The molecule has 0 aliphatic carbocycles. The second kappa shape index (κ2) is 9.58. The van der Waals surface area contributed by atoms with Crippen molar-refractivity contribution in [2.24, 2.45) is 11.7 Å². The fourth-order valence-corrected chi connectivity index (χ4v) is 3.53. The number of amides is 2. The molecule has 0 bridgehead atoms. The third-order valence-corrected chi connectivity index (χ3v) is 5.26. The van der Waals surface area contributed by atoms with Crippen molar-refractivity contribution in [1.82, 2.24) is 4.90 Å². The molecule has 2 amide bonds. The Morgan fingerprint density at radius 2 is 1.70 bits per heavy atom. The van der Waals surface area contributed by atoms with Crippen molar-refractivity contribution in [3.63, 3.8) is 0 Å². The van der Waals surface area contributed by atoms with Gasteiger partial charge in [-0.2, -0.15) is 0 Å². The molecule has 158 valence electrons. The first-order valence-electron chi connectivity index (χ1n) is 9.75. The van der Waals surface area contributed by atoms with Crippen LogP contribution in [0, 0.1) is 17.6 Å². The lowest BCUT2D eigenvalue weighted by molar-refractivity contribution is -0.116. The first-order valence-corrected chi connectivity index (χ1v) is 9.75. The maximum atomic E-state index is 13.8. The zero-order valence-electron chi connectivity index (χ0n) is 16.4. The first kappa shape index (κ1) is 21.6. The number of halogens is 2. The molecule has 8 heteroatoms. The summed E-state index contributed by atoms with van der Waals surface area (Å²) in [6, 6.07) is 9.22. The van der Waals surface area contributed by atoms with Gasteiger partial charge in [-0.05, 0) is 68.4 Å². The van der Waals surface area contributed by atoms with Crippen LogP contribution >= 0.6 is 0 Å². The summed E-state index contributed by atoms with van der Waals surface area (Å²) in [5.41, 5.74) is 5.92. The van der Waals surface area contributed by atoms with Crippen molar-refractivity contribution in [1.29, 1.82) is 0 Å². The molecule has 2 aromatic rings. The number of likely N-dealkylation sites (tertiary alicyclic amines) is 1. The minimum Gasteiger partial charge on any atom is -0.366 e. The molecule has 1 fully saturated rings. The van der Waals surface area contributed by atoms with Crippen LogP contribution in [0.15, 0.2) is 42.5 Å². The van der Waals surface area contributed by atoms with E-state index >= 15 is 0 Å². The molecular weight excluding hydrogens is 392 g/mol. The van der Waals surface area contributed by atoms with E-state index in [1.807, 2.05) is 0 Å². The highest BCUT2D eigenvalue weighted by molar-refractivity contribution is 5.98. The Labute approximate surface area is 173 Å². The molecule has 0 radical (unpaired) electrons. The van der Waals surface area contributed by atoms with Gasteiger partial charge in [0.2, 0.25) is 11.8 Å². The van der Waals surface area contributed by atoms with Gasteiger partial charge in [0.15, 0.2) is 5.78 Å². The summed E-state index contributed by atoms with van der Waals surface area (Å²) in [5, 5.41) is 2.76. The standard InChI is InChI=1S/C22H23F2N3O3/c23-16-3-6-19(24)18(13-16)21(29)14-7-10-27(11-8-14)12-9-20(28)26-17-4-1-15(2-5-17)22(25)30/h1-6,13-14H,7-12H2,(H2,25,30)(H,26,28). The monoisotopic (exact) mass is 415 g/mol. The van der Waals surface area contributed by atoms with Crippen molar-refractivity contribution < 1.29 is 23.2 Å². The predicted octanol–water partition coefficient (Wildman–Crippen LogP) is 2.99. The highest BCUT2D eigenvalue weighted by Gasteiger charge is 2.27. The second-order valence-corrected chi connectivity index (χ2v) is 7.34. The molecule has 0 aromatic heterocycles. The number of benzene rings is 2. The van der Waals surface area contributed by atoms with Gasteiger partial charge >= 0.3 is 0 Å². The summed E-state index contributed by atoms with van der Waals surface area (Å²) in [7, 11) is 0. The Morgan fingerprint density at radius 1 is 1.03 bits per heavy atom. The summed E-state index contributed by atoms with van der Waals surface area (Å²) in [4.78, 5) is 37.8. The summed E-state index contributed by atoms with van der Waals surface area (Å²) in [6.07, 6.45) is 1.34. The molecule has 1 heterocycles. The predicted molar refractivity (Wildman–Crippen MR) is 108 cm³/mol. The number of rotatable bonds is 7. The Morgan fingerprint density at radius 3 is 2.33 bits per heavy atom. The van der Waals surface area contributed by atoms with Crippen LogP contribution < -0.4 is 11.1 Å². The summed E-state index contributed by atoms with van der Waals surface area (Å²) < 4.78 is 27.2. The molecule has 6 nitrogen and oxygen atoms in total. The van der Waals surface area contributed by atoms with Gasteiger partial charge in [-0.15, -0.1) is 0 Å². The SMILES string of the molecule is NC(=O)c1ccc(NC(=O)CCN2CCC(C(=O)c3cc(F)ccc3F)CC2)cc1. The third kappa shape index (κ3) is 5.48. The number of nitrogens with zero attached hydrogens (tertiary/aromatic N) is 1. The lowest BCUT2D eigenvalue weighted by atomic mass is 9.88. The van der Waals surface area contributed by atoms with E-state index in [2.05, 4.69) is 10.2 Å². The highest BCUT2D eigenvalue weighted by Crippen LogP contribution is 2.24. The number of nitrogens with two attached hydrogens (primary N) is 1. The van der Waals surface area contributed by atoms with Gasteiger partial charge in [-0.25, -0.2) is 8.78 Å². The van der Waals surface area contributed by atoms with E-state index < -0.39 is 17.5 Å². The lowest BCUT2D eigenvalue weighted by Crippen LogP contribution is -2.38. The van der Waals surface area contributed by atoms with Crippen LogP contribution in [0.5, 0.6) is 0 Å². The largest absolute Gasteiger partial charge is 0.366 e. The summed E-state index contributed by atoms with van der Waals surface area (Å²) >= 11 is 0. The Bertz CT molecular complexity index is 939. The molecular formula is C22H23F2N3O3. The minimum atomic E-state index is -0.704. The molecule has 2 aromatic carbocycles. The number of hydrogen-bond acceptors (Lipinski definition) is 4. The van der Waals surface area contributed by atoms with Crippen molar-refractivity contribution in [2.75, 3.05) is 25.0 Å².